The number of ether oxygens (including phenoxy) is 1. The summed E-state index contributed by atoms with van der Waals surface area (Å²) < 4.78 is 5.94. The third-order valence-electron chi connectivity index (χ3n) is 2.60. The molecule has 1 aliphatic heterocycles. The summed E-state index contributed by atoms with van der Waals surface area (Å²) in [5.41, 5.74) is 2.57. The van der Waals surface area contributed by atoms with E-state index in [2.05, 4.69) is 45.0 Å². The van der Waals surface area contributed by atoms with Crippen LogP contribution >= 0.6 is 11.8 Å². The van der Waals surface area contributed by atoms with E-state index < -0.39 is 0 Å². The van der Waals surface area contributed by atoms with Crippen LogP contribution in [0.25, 0.3) is 0 Å². The number of thioether (sulfide) groups is 1. The minimum absolute atomic E-state index is 0.132. The Kier molecular flexibility index (Phi) is 2.58. The van der Waals surface area contributed by atoms with Crippen LogP contribution in [0.5, 0.6) is 0 Å². The van der Waals surface area contributed by atoms with Gasteiger partial charge in [-0.15, -0.1) is 11.8 Å². The zero-order valence-corrected chi connectivity index (χ0v) is 9.73. The Labute approximate surface area is 89.9 Å². The van der Waals surface area contributed by atoms with Crippen molar-refractivity contribution < 1.29 is 4.74 Å². The summed E-state index contributed by atoms with van der Waals surface area (Å²) in [5, 5.41) is 0. The molecule has 2 rings (SSSR count). The van der Waals surface area contributed by atoms with Crippen LogP contribution in [0, 0.1) is 6.92 Å². The van der Waals surface area contributed by atoms with Crippen LogP contribution < -0.4 is 0 Å². The summed E-state index contributed by atoms with van der Waals surface area (Å²) in [7, 11) is 0. The van der Waals surface area contributed by atoms with Gasteiger partial charge in [-0.2, -0.15) is 0 Å². The molecule has 0 aliphatic carbocycles. The van der Waals surface area contributed by atoms with Gasteiger partial charge in [-0.3, -0.25) is 0 Å². The summed E-state index contributed by atoms with van der Waals surface area (Å²) in [6.45, 7) is 6.40. The van der Waals surface area contributed by atoms with E-state index in [1.807, 2.05) is 11.8 Å². The number of aryl methyl sites for hydroxylation is 1. The highest BCUT2D eigenvalue weighted by Crippen LogP contribution is 2.44. The van der Waals surface area contributed by atoms with Crippen molar-refractivity contribution in [2.75, 3.05) is 5.75 Å². The van der Waals surface area contributed by atoms with E-state index in [1.54, 1.807) is 0 Å². The molecular formula is C12H16OS. The Balaban J connectivity index is 2.26. The molecule has 0 amide bonds. The molecule has 0 aromatic heterocycles. The SMILES string of the molecule is Cc1ccc(C2(C)OC(C)CS2)cc1. The van der Waals surface area contributed by atoms with Crippen LogP contribution in [0.2, 0.25) is 0 Å². The van der Waals surface area contributed by atoms with Crippen molar-refractivity contribution in [1.82, 2.24) is 0 Å². The summed E-state index contributed by atoms with van der Waals surface area (Å²) in [5.74, 6) is 1.09. The smallest absolute Gasteiger partial charge is 0.136 e. The van der Waals surface area contributed by atoms with Gasteiger partial charge in [-0.05, 0) is 26.3 Å². The first-order chi connectivity index (χ1) is 6.60. The Morgan fingerprint density at radius 2 is 2.00 bits per heavy atom. The number of benzene rings is 1. The summed E-state index contributed by atoms with van der Waals surface area (Å²) in [6, 6.07) is 8.63. The number of rotatable bonds is 1. The van der Waals surface area contributed by atoms with E-state index in [0.717, 1.165) is 5.75 Å². The Morgan fingerprint density at radius 1 is 1.36 bits per heavy atom. The molecule has 0 N–H and O–H groups in total. The topological polar surface area (TPSA) is 9.23 Å². The molecule has 76 valence electrons. The Hall–Kier alpha value is -0.470. The molecule has 2 unspecified atom stereocenters. The predicted molar refractivity (Wildman–Crippen MR) is 61.5 cm³/mol. The van der Waals surface area contributed by atoms with Gasteiger partial charge in [0.05, 0.1) is 6.10 Å². The maximum atomic E-state index is 5.94. The maximum Gasteiger partial charge on any atom is 0.136 e. The van der Waals surface area contributed by atoms with Crippen molar-refractivity contribution in [3.8, 4) is 0 Å². The molecule has 1 nitrogen and oxygen atoms in total. The first kappa shape index (κ1) is 10.1. The third kappa shape index (κ3) is 1.82. The molecule has 1 aromatic carbocycles. The molecule has 1 fully saturated rings. The summed E-state index contributed by atoms with van der Waals surface area (Å²) in [4.78, 5) is -0.132. The third-order valence-corrected chi connectivity index (χ3v) is 4.11. The molecule has 1 saturated heterocycles. The van der Waals surface area contributed by atoms with E-state index in [0.29, 0.717) is 6.10 Å². The average molecular weight is 208 g/mol. The second-order valence-electron chi connectivity index (χ2n) is 4.05. The van der Waals surface area contributed by atoms with Gasteiger partial charge in [0, 0.05) is 5.75 Å². The first-order valence-corrected chi connectivity index (χ1v) is 5.98. The Bertz CT molecular complexity index is 320. The van der Waals surface area contributed by atoms with Gasteiger partial charge in [-0.1, -0.05) is 29.8 Å². The lowest BCUT2D eigenvalue weighted by Crippen LogP contribution is -2.18. The molecule has 0 saturated carbocycles. The van der Waals surface area contributed by atoms with E-state index in [4.69, 9.17) is 4.74 Å². The second-order valence-corrected chi connectivity index (χ2v) is 5.45. The predicted octanol–water partition coefficient (Wildman–Crippen LogP) is 3.32. The minimum Gasteiger partial charge on any atom is -0.357 e. The lowest BCUT2D eigenvalue weighted by Gasteiger charge is -2.23. The van der Waals surface area contributed by atoms with Crippen molar-refractivity contribution in [2.45, 2.75) is 31.8 Å². The van der Waals surface area contributed by atoms with E-state index in [-0.39, 0.29) is 4.93 Å². The van der Waals surface area contributed by atoms with Crippen LogP contribution in [0.4, 0.5) is 0 Å². The van der Waals surface area contributed by atoms with Crippen LogP contribution in [-0.4, -0.2) is 11.9 Å². The molecule has 0 bridgehead atoms. The molecule has 1 aromatic rings. The molecule has 1 aliphatic rings. The quantitative estimate of drug-likeness (QED) is 0.700. The van der Waals surface area contributed by atoms with E-state index in [9.17, 15) is 0 Å². The summed E-state index contributed by atoms with van der Waals surface area (Å²) >= 11 is 1.89. The van der Waals surface area contributed by atoms with Gasteiger partial charge < -0.3 is 4.74 Å². The zero-order valence-electron chi connectivity index (χ0n) is 8.91. The fourth-order valence-electron chi connectivity index (χ4n) is 1.74. The highest BCUT2D eigenvalue weighted by atomic mass is 32.2. The zero-order chi connectivity index (χ0) is 10.2. The van der Waals surface area contributed by atoms with Gasteiger partial charge >= 0.3 is 0 Å². The van der Waals surface area contributed by atoms with E-state index in [1.165, 1.54) is 11.1 Å². The largest absolute Gasteiger partial charge is 0.357 e. The van der Waals surface area contributed by atoms with Crippen molar-refractivity contribution in [3.63, 3.8) is 0 Å². The fraction of sp³-hybridized carbons (Fsp3) is 0.500. The van der Waals surface area contributed by atoms with Crippen molar-refractivity contribution in [1.29, 1.82) is 0 Å². The molecule has 2 heteroatoms. The highest BCUT2D eigenvalue weighted by molar-refractivity contribution is 8.00. The standard InChI is InChI=1S/C12H16OS/c1-9-4-6-11(7-5-9)12(3)13-10(2)8-14-12/h4-7,10H,8H2,1-3H3. The lowest BCUT2D eigenvalue weighted by atomic mass is 10.1. The molecule has 2 atom stereocenters. The lowest BCUT2D eigenvalue weighted by molar-refractivity contribution is 0.0113. The van der Waals surface area contributed by atoms with Crippen LogP contribution in [0.3, 0.4) is 0 Å². The summed E-state index contributed by atoms with van der Waals surface area (Å²) in [6.07, 6.45) is 0.367. The monoisotopic (exact) mass is 208 g/mol. The molecule has 1 heterocycles. The molecule has 14 heavy (non-hydrogen) atoms. The van der Waals surface area contributed by atoms with Crippen molar-refractivity contribution in [2.24, 2.45) is 0 Å². The van der Waals surface area contributed by atoms with Crippen molar-refractivity contribution in [3.05, 3.63) is 35.4 Å². The Morgan fingerprint density at radius 3 is 2.50 bits per heavy atom. The number of hydrogen-bond acceptors (Lipinski definition) is 2. The van der Waals surface area contributed by atoms with Crippen LogP contribution in [0.15, 0.2) is 24.3 Å². The van der Waals surface area contributed by atoms with Crippen LogP contribution in [0.1, 0.15) is 25.0 Å². The van der Waals surface area contributed by atoms with Crippen molar-refractivity contribution >= 4 is 11.8 Å². The van der Waals surface area contributed by atoms with Gasteiger partial charge in [0.2, 0.25) is 0 Å². The van der Waals surface area contributed by atoms with Gasteiger partial charge in [0.1, 0.15) is 4.93 Å². The van der Waals surface area contributed by atoms with Gasteiger partial charge in [0.15, 0.2) is 0 Å². The normalized spacial score (nSPS) is 32.1. The molecular weight excluding hydrogens is 192 g/mol. The van der Waals surface area contributed by atoms with Gasteiger partial charge in [-0.25, -0.2) is 0 Å². The van der Waals surface area contributed by atoms with Crippen LogP contribution in [-0.2, 0) is 9.67 Å². The second kappa shape index (κ2) is 3.59. The highest BCUT2D eigenvalue weighted by Gasteiger charge is 2.36. The average Bonchev–Trinajstić information content (AvgIpc) is 2.48. The minimum atomic E-state index is -0.132. The molecule has 0 radical (unpaired) electrons. The number of hydrogen-bond donors (Lipinski definition) is 0. The van der Waals surface area contributed by atoms with Gasteiger partial charge in [0.25, 0.3) is 0 Å². The maximum absolute atomic E-state index is 5.94. The fourth-order valence-corrected chi connectivity index (χ4v) is 2.89. The van der Waals surface area contributed by atoms with E-state index >= 15 is 0 Å². The molecule has 0 spiro atoms. The first-order valence-electron chi connectivity index (χ1n) is 4.99.